The van der Waals surface area contributed by atoms with E-state index < -0.39 is 210 Å². The summed E-state index contributed by atoms with van der Waals surface area (Å²) in [7, 11) is 1.18. The molecule has 28 nitrogen and oxygen atoms in total. The maximum atomic E-state index is 14.6. The van der Waals surface area contributed by atoms with Gasteiger partial charge in [-0.15, -0.1) is 0 Å². The van der Waals surface area contributed by atoms with Crippen molar-refractivity contribution >= 4 is 53.4 Å². The maximum Gasteiger partial charge on any atom is 0.335 e. The molecule has 0 saturated carbocycles. The molecule has 1 fully saturated rings. The van der Waals surface area contributed by atoms with Crippen LogP contribution in [0.2, 0.25) is 0 Å². The van der Waals surface area contributed by atoms with Crippen molar-refractivity contribution in [1.29, 1.82) is 0 Å². The number of esters is 3. The van der Waals surface area contributed by atoms with Gasteiger partial charge in [0.2, 0.25) is 17.7 Å². The molecule has 0 aromatic heterocycles. The topological polar surface area (TPSA) is 469 Å². The van der Waals surface area contributed by atoms with Gasteiger partial charge in [0, 0.05) is 47.5 Å². The molecule has 0 aromatic carbocycles. The summed E-state index contributed by atoms with van der Waals surface area (Å²) in [4.78, 5) is 120. The molecule has 2 bridgehead atoms. The molecule has 111 heavy (non-hydrogen) atoms. The molecular formula is C83H133N3O25. The quantitative estimate of drug-likeness (QED) is 0.0169. The second-order valence-corrected chi connectivity index (χ2v) is 32.5. The minimum absolute atomic E-state index is 0.0209. The summed E-state index contributed by atoms with van der Waals surface area (Å²) in [6.45, 7) is 28.8. The maximum absolute atomic E-state index is 14.6. The van der Waals surface area contributed by atoms with Crippen LogP contribution in [0.5, 0.6) is 0 Å². The number of methoxy groups -OCH3 is 1. The van der Waals surface area contributed by atoms with E-state index in [1.807, 2.05) is 38.2 Å². The zero-order valence-electron chi connectivity index (χ0n) is 68.5. The number of aliphatic hydroxyl groups excluding tert-OH is 10. The predicted molar refractivity (Wildman–Crippen MR) is 416 cm³/mol. The van der Waals surface area contributed by atoms with Gasteiger partial charge in [-0.3, -0.25) is 28.8 Å². The molecule has 15 N–H and O–H groups in total. The van der Waals surface area contributed by atoms with Crippen molar-refractivity contribution in [3.05, 3.63) is 95.7 Å². The summed E-state index contributed by atoms with van der Waals surface area (Å²) in [5, 5.41) is 141. The Balaban J connectivity index is 2.67. The summed E-state index contributed by atoms with van der Waals surface area (Å²) in [6, 6.07) is -5.05. The fourth-order valence-corrected chi connectivity index (χ4v) is 13.9. The number of nitrogens with one attached hydrogen (secondary N) is 3. The Morgan fingerprint density at radius 1 is 0.730 bits per heavy atom. The molecule has 0 radical (unpaired) electrons. The third-order valence-corrected chi connectivity index (χ3v) is 21.4. The van der Waals surface area contributed by atoms with E-state index in [1.54, 1.807) is 73.6 Å². The van der Waals surface area contributed by atoms with Crippen LogP contribution in [-0.4, -0.2) is 225 Å². The lowest BCUT2D eigenvalue weighted by molar-refractivity contribution is -0.175. The molecule has 2 aliphatic heterocycles. The van der Waals surface area contributed by atoms with E-state index in [0.717, 1.165) is 25.8 Å². The number of amides is 3. The van der Waals surface area contributed by atoms with Crippen LogP contribution >= 0.6 is 0 Å². The third kappa shape index (κ3) is 32.7. The molecule has 25 atom stereocenters. The SMILES string of the molecule is COC(=O)C(C)(C)[C@H](O)[C@@H](C)C(=O)C(C)(C)/C=C/C(=O)N[C@H](CC(C)C)[C@@H](O)[C@@H](C)/C=C(\C)[C@H](O)[C@@H](C)CC[C@@H](O)[C@H](C)C(=O)N[C@@H]([C@H]1OC(=O)[C@H]([C@@H](O)C(=O)O)NC(=O)/C=C\C=C/CC/C=C\C=C/C[C@@H]2C[C@@H](C)C[C@@H](C[C@H](O)[C@@H](C)[C@H](O)/C(C)=C\[C@H](C)[C@@H](O)/C(C)=C\C[C@H](OC(=O)C[C@H](O)C(=O)O)[C@@H]1C)O2)[C@@H](C)O. The predicted octanol–water partition coefficient (Wildman–Crippen LogP) is 6.29. The molecule has 1 saturated heterocycles. The van der Waals surface area contributed by atoms with Crippen LogP contribution in [0.3, 0.4) is 0 Å². The highest BCUT2D eigenvalue weighted by molar-refractivity contribution is 5.95. The highest BCUT2D eigenvalue weighted by Gasteiger charge is 2.47. The Morgan fingerprint density at radius 3 is 1.90 bits per heavy atom. The zero-order valence-corrected chi connectivity index (χ0v) is 68.5. The summed E-state index contributed by atoms with van der Waals surface area (Å²) in [6.07, 6.45) is 3.28. The van der Waals surface area contributed by atoms with Crippen molar-refractivity contribution < 1.29 is 123 Å². The summed E-state index contributed by atoms with van der Waals surface area (Å²) in [5.41, 5.74) is -1.61. The van der Waals surface area contributed by atoms with Gasteiger partial charge < -0.3 is 96.2 Å². The monoisotopic (exact) mass is 1570 g/mol. The van der Waals surface area contributed by atoms with E-state index >= 15 is 0 Å². The van der Waals surface area contributed by atoms with Crippen LogP contribution in [0.1, 0.15) is 195 Å². The number of ketones is 1. The van der Waals surface area contributed by atoms with Gasteiger partial charge in [-0.05, 0) is 154 Å². The number of cyclic esters (lactones) is 1. The smallest absolute Gasteiger partial charge is 0.335 e. The van der Waals surface area contributed by atoms with E-state index in [-0.39, 0.29) is 43.0 Å². The molecule has 2 rings (SSSR count). The number of aliphatic hydroxyl groups is 10. The number of hydrogen-bond donors (Lipinski definition) is 15. The first-order chi connectivity index (χ1) is 51.5. The van der Waals surface area contributed by atoms with Crippen molar-refractivity contribution in [2.75, 3.05) is 7.11 Å². The fourth-order valence-electron chi connectivity index (χ4n) is 13.9. The summed E-state index contributed by atoms with van der Waals surface area (Å²) < 4.78 is 23.1. The van der Waals surface area contributed by atoms with E-state index in [4.69, 9.17) is 18.9 Å². The normalized spacial score (nSPS) is 29.5. The summed E-state index contributed by atoms with van der Waals surface area (Å²) in [5.74, 6) is -16.9. The first-order valence-corrected chi connectivity index (χ1v) is 38.8. The number of rotatable bonds is 29. The first-order valence-electron chi connectivity index (χ1n) is 38.8. The van der Waals surface area contributed by atoms with Crippen LogP contribution in [-0.2, 0) is 62.1 Å². The largest absolute Gasteiger partial charge is 0.479 e. The standard InChI is InChI=1S/C83H133N3O25/c1-44(2)37-59(84-65(92)35-36-82(15,16)75(99)55(13)76(100)83(17,18)81(107)108-19)72(97)51(9)41-49(7)69(94)46(4)31-33-60(88)53(11)77(101)86-67(56(14)87)74-54(12)63(110-66(93)43-62(90)78(102)103)34-32-47(5)70(95)48(6)40-50(8)71(96)52(10)61(89)42-58-39-45(3)38-57(109-58)29-27-25-23-21-20-22-24-26-28-30-64(91)85-68(80(106)111-74)73(98)79(104)105/h21,23-28,30,32,35-36,40-41,44-46,48,51-63,67-74,76,87-90,94-98,100H,20,22,29,31,33-34,37-39,42-43H2,1-19H3,(H,84,92)(H,85,91)(H,86,101)(H,102,103)(H,104,105)/b23-21-,26-24-,27-25-,30-28-,36-35+,47-32-,49-41+,50-40-/t45-,46+,48+,51+,52-,53+,54+,55+,56-,57-,58+,59-,60-,61+,62+,63+,67-,68+,69-,70+,71-,72+,73-,74+,76-/m1/s1. The molecule has 2 heterocycles. The number of aliphatic carboxylic acids is 2. The van der Waals surface area contributed by atoms with Crippen LogP contribution in [0.15, 0.2) is 95.7 Å². The lowest BCUT2D eigenvalue weighted by Crippen LogP contribution is -2.59. The Morgan fingerprint density at radius 2 is 1.32 bits per heavy atom. The lowest BCUT2D eigenvalue weighted by atomic mass is 9.72. The van der Waals surface area contributed by atoms with Gasteiger partial charge in [-0.2, -0.15) is 0 Å². The number of carbonyl (C=O) groups is 9. The number of fused-ring (bicyclic) bond motifs is 2. The van der Waals surface area contributed by atoms with Crippen LogP contribution in [0.25, 0.3) is 0 Å². The Bertz CT molecular complexity index is 3280. The highest BCUT2D eigenvalue weighted by Crippen LogP contribution is 2.36. The number of carbonyl (C=O) groups excluding carboxylic acids is 7. The van der Waals surface area contributed by atoms with Crippen molar-refractivity contribution in [3.8, 4) is 0 Å². The molecule has 630 valence electrons. The summed E-state index contributed by atoms with van der Waals surface area (Å²) >= 11 is 0. The van der Waals surface area contributed by atoms with Gasteiger partial charge in [0.1, 0.15) is 18.0 Å². The fraction of sp³-hybridized carbons (Fsp3) is 0.699. The number of ether oxygens (including phenoxy) is 4. The highest BCUT2D eigenvalue weighted by atomic mass is 16.6. The Hall–Kier alpha value is -7.09. The second kappa shape index (κ2) is 47.6. The number of Topliss-reactive ketones (excluding diaryl/α,β-unsaturated/α-hetero) is 1. The van der Waals surface area contributed by atoms with Crippen molar-refractivity contribution in [2.45, 2.75) is 299 Å². The van der Waals surface area contributed by atoms with Crippen LogP contribution in [0.4, 0.5) is 0 Å². The number of hydrogen-bond acceptors (Lipinski definition) is 23. The van der Waals surface area contributed by atoms with Gasteiger partial charge in [-0.1, -0.05) is 136 Å². The molecular weight excluding hydrogens is 1440 g/mol. The van der Waals surface area contributed by atoms with E-state index in [9.17, 15) is 104 Å². The zero-order chi connectivity index (χ0) is 84.9. The molecule has 0 spiro atoms. The van der Waals surface area contributed by atoms with Gasteiger partial charge >= 0.3 is 29.8 Å². The number of carboxylic acids is 2. The van der Waals surface area contributed by atoms with E-state index in [1.165, 1.54) is 79.0 Å². The Kier molecular flexibility index (Phi) is 42.8. The van der Waals surface area contributed by atoms with Gasteiger partial charge in [-0.25, -0.2) is 14.4 Å². The van der Waals surface area contributed by atoms with Crippen molar-refractivity contribution in [3.63, 3.8) is 0 Å². The van der Waals surface area contributed by atoms with Crippen molar-refractivity contribution in [2.24, 2.45) is 64.1 Å². The molecule has 28 heteroatoms. The van der Waals surface area contributed by atoms with E-state index in [2.05, 4.69) is 22.9 Å². The first kappa shape index (κ1) is 100.0. The molecule has 2 aliphatic rings. The molecule has 0 unspecified atom stereocenters. The average Bonchev–Trinajstić information content (AvgIpc) is 0.814. The molecule has 0 aliphatic carbocycles. The lowest BCUT2D eigenvalue weighted by Gasteiger charge is -2.38. The molecule has 3 amide bonds. The van der Waals surface area contributed by atoms with Crippen LogP contribution < -0.4 is 16.0 Å². The van der Waals surface area contributed by atoms with Crippen molar-refractivity contribution in [1.82, 2.24) is 16.0 Å². The van der Waals surface area contributed by atoms with Gasteiger partial charge in [0.15, 0.2) is 18.2 Å². The minimum Gasteiger partial charge on any atom is -0.479 e. The van der Waals surface area contributed by atoms with Gasteiger partial charge in [0.25, 0.3) is 0 Å². The average molecular weight is 1570 g/mol. The third-order valence-electron chi connectivity index (χ3n) is 21.4. The minimum atomic E-state index is -2.70. The second-order valence-electron chi connectivity index (χ2n) is 32.5. The molecule has 0 aromatic rings. The number of allylic oxidation sites excluding steroid dienone is 7. The Labute approximate surface area is 655 Å². The van der Waals surface area contributed by atoms with E-state index in [0.29, 0.717) is 42.7 Å². The van der Waals surface area contributed by atoms with Gasteiger partial charge in [0.05, 0.1) is 98.0 Å². The number of carboxylic acid groups (broad SMARTS) is 2. The van der Waals surface area contributed by atoms with Crippen LogP contribution in [0, 0.1) is 64.1 Å².